The van der Waals surface area contributed by atoms with Crippen molar-refractivity contribution >= 4 is 18.3 Å². The van der Waals surface area contributed by atoms with E-state index in [9.17, 15) is 14.4 Å². The fraction of sp³-hybridized carbons (Fsp3) is 0.471. The van der Waals surface area contributed by atoms with Gasteiger partial charge in [-0.1, -0.05) is 30.3 Å². The highest BCUT2D eigenvalue weighted by atomic mass is 16.5. The molecule has 0 spiro atoms. The van der Waals surface area contributed by atoms with Crippen LogP contribution in [-0.2, 0) is 25.5 Å². The van der Waals surface area contributed by atoms with Crippen LogP contribution in [0.25, 0.3) is 0 Å². The summed E-state index contributed by atoms with van der Waals surface area (Å²) in [6, 6.07) is 9.58. The third-order valence-electron chi connectivity index (χ3n) is 4.39. The number of amides is 2. The molecule has 2 atom stereocenters. The zero-order valence-electron chi connectivity index (χ0n) is 14.2. The molecule has 0 radical (unpaired) electrons. The molecule has 1 fully saturated rings. The Labute approximate surface area is 141 Å². The molecule has 1 aromatic rings. The lowest BCUT2D eigenvalue weighted by molar-refractivity contribution is -0.162. The second-order valence-electron chi connectivity index (χ2n) is 6.04. The van der Waals surface area contributed by atoms with Crippen molar-refractivity contribution < 1.29 is 19.1 Å². The van der Waals surface area contributed by atoms with E-state index in [0.29, 0.717) is 19.4 Å². The summed E-state index contributed by atoms with van der Waals surface area (Å²) in [6.07, 6.45) is 1.29. The summed E-state index contributed by atoms with van der Waals surface area (Å²) >= 11 is 0. The standard InChI is InChI=1S/C17H23N3O4/c1-17(18-10-15(22)24-3)16(23)19(2)11-14(20(17)12-21)9-13-7-5-4-6-8-13/h4-8,12,14,18H,9-11H2,1-3H3/t14-,17?/m0/s1. The van der Waals surface area contributed by atoms with E-state index >= 15 is 0 Å². The van der Waals surface area contributed by atoms with Crippen molar-refractivity contribution in [2.24, 2.45) is 0 Å². The maximum Gasteiger partial charge on any atom is 0.319 e. The van der Waals surface area contributed by atoms with Crippen LogP contribution in [0.15, 0.2) is 30.3 Å². The van der Waals surface area contributed by atoms with Crippen LogP contribution in [0.5, 0.6) is 0 Å². The molecule has 2 amide bonds. The fourth-order valence-corrected chi connectivity index (χ4v) is 3.06. The summed E-state index contributed by atoms with van der Waals surface area (Å²) in [5, 5.41) is 2.87. The number of carbonyl (C=O) groups excluding carboxylic acids is 3. The lowest BCUT2D eigenvalue weighted by atomic mass is 9.96. The van der Waals surface area contributed by atoms with Crippen molar-refractivity contribution in [1.29, 1.82) is 0 Å². The van der Waals surface area contributed by atoms with Gasteiger partial charge in [0.05, 0.1) is 19.7 Å². The van der Waals surface area contributed by atoms with Crippen molar-refractivity contribution in [1.82, 2.24) is 15.1 Å². The molecule has 0 bridgehead atoms. The van der Waals surface area contributed by atoms with Gasteiger partial charge in [-0.2, -0.15) is 0 Å². The molecular weight excluding hydrogens is 310 g/mol. The number of hydrogen-bond donors (Lipinski definition) is 1. The Morgan fingerprint density at radius 1 is 1.42 bits per heavy atom. The van der Waals surface area contributed by atoms with Gasteiger partial charge in [0.25, 0.3) is 5.91 Å². The number of benzene rings is 1. The summed E-state index contributed by atoms with van der Waals surface area (Å²) in [6.45, 7) is 1.89. The monoisotopic (exact) mass is 333 g/mol. The molecule has 2 rings (SSSR count). The molecule has 1 unspecified atom stereocenters. The van der Waals surface area contributed by atoms with E-state index in [4.69, 9.17) is 0 Å². The first-order chi connectivity index (χ1) is 11.4. The van der Waals surface area contributed by atoms with E-state index < -0.39 is 11.6 Å². The van der Waals surface area contributed by atoms with Gasteiger partial charge in [0.15, 0.2) is 5.66 Å². The van der Waals surface area contributed by atoms with Gasteiger partial charge in [-0.05, 0) is 18.9 Å². The average molecular weight is 333 g/mol. The van der Waals surface area contributed by atoms with Crippen molar-refractivity contribution in [2.45, 2.75) is 25.0 Å². The Morgan fingerprint density at radius 3 is 2.67 bits per heavy atom. The number of hydrogen-bond acceptors (Lipinski definition) is 5. The number of nitrogens with zero attached hydrogens (tertiary/aromatic N) is 2. The fourth-order valence-electron chi connectivity index (χ4n) is 3.06. The number of piperazine rings is 1. The first-order valence-electron chi connectivity index (χ1n) is 7.77. The smallest absolute Gasteiger partial charge is 0.319 e. The Morgan fingerprint density at radius 2 is 2.08 bits per heavy atom. The summed E-state index contributed by atoms with van der Waals surface area (Å²) in [4.78, 5) is 38.8. The van der Waals surface area contributed by atoms with Gasteiger partial charge in [-0.15, -0.1) is 0 Å². The van der Waals surface area contributed by atoms with Crippen LogP contribution >= 0.6 is 0 Å². The number of likely N-dealkylation sites (N-methyl/N-ethyl adjacent to an activating group) is 1. The molecule has 24 heavy (non-hydrogen) atoms. The van der Waals surface area contributed by atoms with Crippen LogP contribution in [0.1, 0.15) is 12.5 Å². The van der Waals surface area contributed by atoms with Crippen molar-refractivity contribution in [2.75, 3.05) is 27.2 Å². The number of rotatable bonds is 6. The van der Waals surface area contributed by atoms with Gasteiger partial charge >= 0.3 is 5.97 Å². The minimum Gasteiger partial charge on any atom is -0.468 e. The van der Waals surface area contributed by atoms with Gasteiger partial charge in [-0.3, -0.25) is 19.7 Å². The molecule has 1 aliphatic rings. The Hall–Kier alpha value is -2.41. The van der Waals surface area contributed by atoms with E-state index in [-0.39, 0.29) is 18.5 Å². The van der Waals surface area contributed by atoms with Gasteiger partial charge in [0.2, 0.25) is 6.41 Å². The summed E-state index contributed by atoms with van der Waals surface area (Å²) in [5.41, 5.74) is -0.213. The molecule has 1 aliphatic heterocycles. The highest BCUT2D eigenvalue weighted by molar-refractivity contribution is 5.89. The molecule has 1 aromatic carbocycles. The predicted molar refractivity (Wildman–Crippen MR) is 87.9 cm³/mol. The molecule has 130 valence electrons. The topological polar surface area (TPSA) is 79.0 Å². The normalized spacial score (nSPS) is 24.0. The molecule has 1 N–H and O–H groups in total. The van der Waals surface area contributed by atoms with Crippen LogP contribution in [0.3, 0.4) is 0 Å². The van der Waals surface area contributed by atoms with Crippen molar-refractivity contribution in [3.8, 4) is 0 Å². The average Bonchev–Trinajstić information content (AvgIpc) is 2.59. The number of methoxy groups -OCH3 is 1. The van der Waals surface area contributed by atoms with Gasteiger partial charge in [0.1, 0.15) is 0 Å². The van der Waals surface area contributed by atoms with Crippen molar-refractivity contribution in [3.05, 3.63) is 35.9 Å². The first kappa shape index (κ1) is 17.9. The lowest BCUT2D eigenvalue weighted by Crippen LogP contribution is -2.73. The maximum atomic E-state index is 12.6. The van der Waals surface area contributed by atoms with Crippen molar-refractivity contribution in [3.63, 3.8) is 0 Å². The Balaban J connectivity index is 2.25. The second-order valence-corrected chi connectivity index (χ2v) is 6.04. The molecule has 7 nitrogen and oxygen atoms in total. The first-order valence-corrected chi connectivity index (χ1v) is 7.77. The number of esters is 1. The van der Waals surface area contributed by atoms with E-state index in [0.717, 1.165) is 5.56 Å². The van der Waals surface area contributed by atoms with Crippen LogP contribution in [0, 0.1) is 0 Å². The van der Waals surface area contributed by atoms with Crippen LogP contribution in [-0.4, -0.2) is 67.0 Å². The molecule has 0 saturated carbocycles. The zero-order chi connectivity index (χ0) is 17.7. The lowest BCUT2D eigenvalue weighted by Gasteiger charge is -2.49. The number of ether oxygens (including phenoxy) is 1. The minimum absolute atomic E-state index is 0.158. The largest absolute Gasteiger partial charge is 0.468 e. The SMILES string of the molecule is COC(=O)CNC1(C)C(=O)N(C)C[C@H](Cc2ccccc2)N1C=O. The highest BCUT2D eigenvalue weighted by Gasteiger charge is 2.48. The number of nitrogens with one attached hydrogen (secondary N) is 1. The minimum atomic E-state index is -1.29. The molecule has 1 saturated heterocycles. The van der Waals surface area contributed by atoms with Crippen LogP contribution in [0.2, 0.25) is 0 Å². The van der Waals surface area contributed by atoms with E-state index in [1.165, 1.54) is 12.0 Å². The third-order valence-corrected chi connectivity index (χ3v) is 4.39. The van der Waals surface area contributed by atoms with Gasteiger partial charge < -0.3 is 14.5 Å². The molecule has 0 aliphatic carbocycles. The molecule has 0 aromatic heterocycles. The third kappa shape index (κ3) is 3.56. The number of carbonyl (C=O) groups is 3. The Bertz CT molecular complexity index is 607. The molecule has 7 heteroatoms. The van der Waals surface area contributed by atoms with Gasteiger partial charge in [0, 0.05) is 13.6 Å². The predicted octanol–water partition coefficient (Wildman–Crippen LogP) is 0.00690. The molecular formula is C17H23N3O4. The van der Waals surface area contributed by atoms with E-state index in [2.05, 4.69) is 10.1 Å². The Kier molecular flexibility index (Phi) is 5.56. The van der Waals surface area contributed by atoms with Crippen LogP contribution < -0.4 is 5.32 Å². The summed E-state index contributed by atoms with van der Waals surface area (Å²) in [5.74, 6) is -0.759. The summed E-state index contributed by atoms with van der Waals surface area (Å²) < 4.78 is 4.61. The van der Waals surface area contributed by atoms with Crippen LogP contribution in [0.4, 0.5) is 0 Å². The zero-order valence-corrected chi connectivity index (χ0v) is 14.2. The van der Waals surface area contributed by atoms with Gasteiger partial charge in [-0.25, -0.2) is 0 Å². The maximum absolute atomic E-state index is 12.6. The van der Waals surface area contributed by atoms with E-state index in [1.807, 2.05) is 30.3 Å². The highest BCUT2D eigenvalue weighted by Crippen LogP contribution is 2.24. The summed E-state index contributed by atoms with van der Waals surface area (Å²) in [7, 11) is 2.97. The molecule has 1 heterocycles. The van der Waals surface area contributed by atoms with E-state index in [1.54, 1.807) is 18.9 Å². The quantitative estimate of drug-likeness (QED) is 0.586. The second kappa shape index (κ2) is 7.44.